The highest BCUT2D eigenvalue weighted by molar-refractivity contribution is 7.18. The van der Waals surface area contributed by atoms with Crippen molar-refractivity contribution in [1.29, 1.82) is 0 Å². The van der Waals surface area contributed by atoms with E-state index in [1.165, 1.54) is 34.4 Å². The molecule has 148 valence electrons. The lowest BCUT2D eigenvalue weighted by Crippen LogP contribution is -2.31. The van der Waals surface area contributed by atoms with Gasteiger partial charge in [-0.2, -0.15) is 0 Å². The molecule has 0 N–H and O–H groups in total. The van der Waals surface area contributed by atoms with Gasteiger partial charge >= 0.3 is 0 Å². The molecular formula is C23H29N3OS. The second-order valence-corrected chi connectivity index (χ2v) is 8.78. The highest BCUT2D eigenvalue weighted by Crippen LogP contribution is 2.34. The molecule has 0 radical (unpaired) electrons. The minimum atomic E-state index is 0.148. The summed E-state index contributed by atoms with van der Waals surface area (Å²) in [6, 6.07) is 8.34. The molecular weight excluding hydrogens is 366 g/mol. The molecule has 0 atom stereocenters. The minimum Gasteiger partial charge on any atom is -0.297 e. The van der Waals surface area contributed by atoms with Gasteiger partial charge in [0, 0.05) is 4.88 Å². The Bertz CT molecular complexity index is 1050. The molecule has 0 fully saturated rings. The van der Waals surface area contributed by atoms with Gasteiger partial charge in [-0.3, -0.25) is 14.3 Å². The van der Waals surface area contributed by atoms with Crippen molar-refractivity contribution >= 4 is 21.6 Å². The van der Waals surface area contributed by atoms with E-state index in [1.54, 1.807) is 11.3 Å². The molecule has 0 spiro atoms. The number of aryl methyl sites for hydroxylation is 3. The second kappa shape index (κ2) is 8.18. The molecule has 0 aliphatic heterocycles. The lowest BCUT2D eigenvalue weighted by atomic mass is 9.97. The van der Waals surface area contributed by atoms with Crippen LogP contribution in [0.5, 0.6) is 0 Å². The molecule has 5 heteroatoms. The van der Waals surface area contributed by atoms with Crippen LogP contribution in [-0.4, -0.2) is 27.5 Å². The van der Waals surface area contributed by atoms with Gasteiger partial charge in [0.05, 0.1) is 18.5 Å². The lowest BCUT2D eigenvalue weighted by Gasteiger charge is -2.21. The average Bonchev–Trinajstić information content (AvgIpc) is 3.08. The van der Waals surface area contributed by atoms with Crippen LogP contribution >= 0.6 is 11.3 Å². The molecule has 0 saturated carbocycles. The van der Waals surface area contributed by atoms with Crippen LogP contribution in [0.1, 0.15) is 54.1 Å². The minimum absolute atomic E-state index is 0.148. The maximum Gasteiger partial charge on any atom is 0.262 e. The van der Waals surface area contributed by atoms with E-state index >= 15 is 0 Å². The molecule has 1 aromatic carbocycles. The Balaban J connectivity index is 1.89. The quantitative estimate of drug-likeness (QED) is 0.615. The van der Waals surface area contributed by atoms with Crippen molar-refractivity contribution in [2.75, 3.05) is 13.1 Å². The van der Waals surface area contributed by atoms with Crippen LogP contribution in [0.4, 0.5) is 0 Å². The molecule has 0 unspecified atom stereocenters. The van der Waals surface area contributed by atoms with Gasteiger partial charge < -0.3 is 0 Å². The Morgan fingerprint density at radius 1 is 1.14 bits per heavy atom. The summed E-state index contributed by atoms with van der Waals surface area (Å²) in [4.78, 5) is 23.4. The monoisotopic (exact) mass is 395 g/mol. The first-order valence-electron chi connectivity index (χ1n) is 10.4. The Labute approximate surface area is 170 Å². The van der Waals surface area contributed by atoms with E-state index in [-0.39, 0.29) is 5.56 Å². The molecule has 2 heterocycles. The number of nitrogens with zero attached hydrogens (tertiary/aromatic N) is 3. The van der Waals surface area contributed by atoms with Crippen molar-refractivity contribution in [3.63, 3.8) is 0 Å². The van der Waals surface area contributed by atoms with E-state index in [9.17, 15) is 4.79 Å². The van der Waals surface area contributed by atoms with E-state index in [0.29, 0.717) is 13.1 Å². The molecule has 28 heavy (non-hydrogen) atoms. The Hall–Kier alpha value is -1.98. The van der Waals surface area contributed by atoms with Gasteiger partial charge in [-0.15, -0.1) is 11.3 Å². The molecule has 4 nitrogen and oxygen atoms in total. The van der Waals surface area contributed by atoms with Crippen LogP contribution in [0.25, 0.3) is 10.2 Å². The number of fused-ring (bicyclic) bond motifs is 3. The van der Waals surface area contributed by atoms with Gasteiger partial charge in [-0.05, 0) is 62.4 Å². The van der Waals surface area contributed by atoms with Gasteiger partial charge in [-0.1, -0.05) is 38.1 Å². The summed E-state index contributed by atoms with van der Waals surface area (Å²) in [7, 11) is 0. The fraction of sp³-hybridized carbons (Fsp3) is 0.478. The highest BCUT2D eigenvalue weighted by Gasteiger charge is 2.22. The molecule has 4 rings (SSSR count). The van der Waals surface area contributed by atoms with Crippen LogP contribution in [0, 0.1) is 6.92 Å². The summed E-state index contributed by atoms with van der Waals surface area (Å²) >= 11 is 1.75. The van der Waals surface area contributed by atoms with Crippen LogP contribution in [-0.2, 0) is 25.9 Å². The molecule has 3 aromatic rings. The standard InChI is InChI=1S/C23H29N3OS/c1-4-25(5-2)15-20-24-22-21(18-12-8-9-13-19(18)28-22)23(27)26(20)14-17-11-7-6-10-16(17)3/h6-7,10-11H,4-5,8-9,12-15H2,1-3H3. The van der Waals surface area contributed by atoms with E-state index in [1.807, 2.05) is 4.57 Å². The number of hydrogen-bond acceptors (Lipinski definition) is 4. The fourth-order valence-corrected chi connectivity index (χ4v) is 5.44. The third kappa shape index (κ3) is 3.53. The van der Waals surface area contributed by atoms with Crippen LogP contribution < -0.4 is 5.56 Å². The van der Waals surface area contributed by atoms with Gasteiger partial charge in [0.25, 0.3) is 5.56 Å². The first kappa shape index (κ1) is 19.3. The van der Waals surface area contributed by atoms with Gasteiger partial charge in [0.2, 0.25) is 0 Å². The lowest BCUT2D eigenvalue weighted by molar-refractivity contribution is 0.282. The summed E-state index contributed by atoms with van der Waals surface area (Å²) in [5.41, 5.74) is 3.83. The number of benzene rings is 1. The second-order valence-electron chi connectivity index (χ2n) is 7.70. The summed E-state index contributed by atoms with van der Waals surface area (Å²) < 4.78 is 1.94. The number of rotatable bonds is 6. The maximum atomic E-state index is 13.7. The van der Waals surface area contributed by atoms with E-state index in [0.717, 1.165) is 42.0 Å². The predicted molar refractivity (Wildman–Crippen MR) is 117 cm³/mol. The molecule has 0 bridgehead atoms. The van der Waals surface area contributed by atoms with Crippen molar-refractivity contribution < 1.29 is 0 Å². The zero-order valence-corrected chi connectivity index (χ0v) is 17.9. The normalized spacial score (nSPS) is 14.0. The largest absolute Gasteiger partial charge is 0.297 e. The van der Waals surface area contributed by atoms with E-state index < -0.39 is 0 Å². The van der Waals surface area contributed by atoms with Crippen molar-refractivity contribution in [2.24, 2.45) is 0 Å². The van der Waals surface area contributed by atoms with Crippen LogP contribution in [0.2, 0.25) is 0 Å². The summed E-state index contributed by atoms with van der Waals surface area (Å²) in [5, 5.41) is 0.886. The molecule has 2 aromatic heterocycles. The molecule has 1 aliphatic carbocycles. The Morgan fingerprint density at radius 3 is 2.64 bits per heavy atom. The molecule has 1 aliphatic rings. The van der Waals surface area contributed by atoms with Crippen molar-refractivity contribution in [2.45, 2.75) is 59.5 Å². The fourth-order valence-electron chi connectivity index (χ4n) is 4.17. The van der Waals surface area contributed by atoms with Crippen molar-refractivity contribution in [3.8, 4) is 0 Å². The zero-order valence-electron chi connectivity index (χ0n) is 17.1. The topological polar surface area (TPSA) is 38.1 Å². The summed E-state index contributed by atoms with van der Waals surface area (Å²) in [6.07, 6.45) is 4.52. The Kier molecular flexibility index (Phi) is 5.65. The third-order valence-electron chi connectivity index (χ3n) is 6.00. The van der Waals surface area contributed by atoms with Gasteiger partial charge in [-0.25, -0.2) is 4.98 Å². The highest BCUT2D eigenvalue weighted by atomic mass is 32.1. The SMILES string of the molecule is CCN(CC)Cc1nc2sc3c(c2c(=O)n1Cc1ccccc1C)CCCC3. The van der Waals surface area contributed by atoms with Crippen LogP contribution in [0.15, 0.2) is 29.1 Å². The maximum absolute atomic E-state index is 13.7. The zero-order chi connectivity index (χ0) is 19.7. The first-order chi connectivity index (χ1) is 13.6. The number of hydrogen-bond donors (Lipinski definition) is 0. The van der Waals surface area contributed by atoms with Gasteiger partial charge in [0.15, 0.2) is 0 Å². The van der Waals surface area contributed by atoms with Crippen molar-refractivity contribution in [1.82, 2.24) is 14.5 Å². The average molecular weight is 396 g/mol. The molecule has 0 amide bonds. The predicted octanol–water partition coefficient (Wildman–Crippen LogP) is 4.54. The number of thiophene rings is 1. The smallest absolute Gasteiger partial charge is 0.262 e. The van der Waals surface area contributed by atoms with Crippen LogP contribution in [0.3, 0.4) is 0 Å². The Morgan fingerprint density at radius 2 is 1.89 bits per heavy atom. The summed E-state index contributed by atoms with van der Waals surface area (Å²) in [5.74, 6) is 0.892. The summed E-state index contributed by atoms with van der Waals surface area (Å²) in [6.45, 7) is 9.65. The third-order valence-corrected chi connectivity index (χ3v) is 7.19. The number of aromatic nitrogens is 2. The van der Waals surface area contributed by atoms with E-state index in [2.05, 4.69) is 49.9 Å². The van der Waals surface area contributed by atoms with E-state index in [4.69, 9.17) is 4.98 Å². The molecule has 0 saturated heterocycles. The van der Waals surface area contributed by atoms with Crippen molar-refractivity contribution in [3.05, 3.63) is 62.0 Å². The van der Waals surface area contributed by atoms with Gasteiger partial charge in [0.1, 0.15) is 10.7 Å². The first-order valence-corrected chi connectivity index (χ1v) is 11.2.